The lowest BCUT2D eigenvalue weighted by molar-refractivity contribution is -0.138. The Morgan fingerprint density at radius 1 is 0.860 bits per heavy atom. The zero-order valence-corrected chi connectivity index (χ0v) is 24.6. The maximum absolute atomic E-state index is 13.2. The number of carboxylic acid groups (broad SMARTS) is 1. The second kappa shape index (κ2) is 12.1. The van der Waals surface area contributed by atoms with Crippen molar-refractivity contribution in [2.45, 2.75) is 38.1 Å². The van der Waals surface area contributed by atoms with Gasteiger partial charge in [0.25, 0.3) is 0 Å². The molecular weight excluding hydrogens is 566 g/mol. The minimum atomic E-state index is -4.07. The van der Waals surface area contributed by atoms with E-state index in [1.165, 1.54) is 0 Å². The zero-order chi connectivity index (χ0) is 30.7. The summed E-state index contributed by atoms with van der Waals surface area (Å²) in [6.45, 7) is 5.27. The molecule has 0 aliphatic heterocycles. The van der Waals surface area contributed by atoms with Crippen LogP contribution < -0.4 is 15.4 Å². The Balaban J connectivity index is 1.26. The Labute approximate surface area is 249 Å². The van der Waals surface area contributed by atoms with E-state index in [1.54, 1.807) is 44.2 Å². The van der Waals surface area contributed by atoms with Crippen LogP contribution in [0.5, 0.6) is 0 Å². The first-order chi connectivity index (χ1) is 20.5. The normalized spacial score (nSPS) is 12.2. The number of carboxylic acids is 1. The number of fused-ring (bicyclic) bond motifs is 1. The van der Waals surface area contributed by atoms with Crippen LogP contribution in [0.3, 0.4) is 0 Å². The van der Waals surface area contributed by atoms with Gasteiger partial charge in [-0.15, -0.1) is 0 Å². The van der Waals surface area contributed by atoms with Gasteiger partial charge in [-0.05, 0) is 79.3 Å². The molecule has 5 N–H and O–H groups in total. The van der Waals surface area contributed by atoms with E-state index in [0.29, 0.717) is 28.3 Å². The molecule has 0 spiro atoms. The van der Waals surface area contributed by atoms with Crippen LogP contribution in [0, 0.1) is 20.8 Å². The van der Waals surface area contributed by atoms with Crippen molar-refractivity contribution in [2.24, 2.45) is 0 Å². The number of H-pyrrole nitrogens is 1. The monoisotopic (exact) mass is 597 g/mol. The molecule has 10 nitrogen and oxygen atoms in total. The summed E-state index contributed by atoms with van der Waals surface area (Å²) >= 11 is 0. The van der Waals surface area contributed by atoms with Crippen LogP contribution >= 0.6 is 0 Å². The van der Waals surface area contributed by atoms with Crippen molar-refractivity contribution in [1.29, 1.82) is 0 Å². The minimum Gasteiger partial charge on any atom is -0.480 e. The van der Waals surface area contributed by atoms with Gasteiger partial charge in [0, 0.05) is 5.69 Å². The van der Waals surface area contributed by atoms with E-state index in [1.807, 2.05) is 61.5 Å². The van der Waals surface area contributed by atoms with Gasteiger partial charge in [0.1, 0.15) is 6.04 Å². The van der Waals surface area contributed by atoms with Gasteiger partial charge in [-0.25, -0.2) is 18.2 Å². The fourth-order valence-corrected chi connectivity index (χ4v) is 6.79. The molecule has 0 bridgehead atoms. The quantitative estimate of drug-likeness (QED) is 0.145. The standard InChI is InChI=1S/C32H31N5O5S/c1-19-15-20(2)29(21(3)16-19)43(41,42)37-28(30(38)39)17-22-11-13-23(14-12-22)24-7-6-8-25(18-24)33-32(40)36-31-34-26-9-4-5-10-27(26)35-31/h4-16,18,28,37H,17H2,1-3H3,(H,38,39)(H3,33,34,35,36,40)/t28-/m0/s1. The number of aryl methyl sites for hydroxylation is 3. The van der Waals surface area contributed by atoms with Crippen LogP contribution in [0.15, 0.2) is 89.8 Å². The number of nitrogens with zero attached hydrogens (tertiary/aromatic N) is 1. The summed E-state index contributed by atoms with van der Waals surface area (Å²) in [5.41, 5.74) is 6.48. The summed E-state index contributed by atoms with van der Waals surface area (Å²) < 4.78 is 28.7. The van der Waals surface area contributed by atoms with Crippen molar-refractivity contribution in [1.82, 2.24) is 14.7 Å². The molecule has 0 aliphatic carbocycles. The van der Waals surface area contributed by atoms with E-state index < -0.39 is 28.1 Å². The molecule has 0 saturated heterocycles. The fourth-order valence-electron chi connectivity index (χ4n) is 5.14. The van der Waals surface area contributed by atoms with E-state index in [2.05, 4.69) is 25.3 Å². The Morgan fingerprint density at radius 3 is 2.23 bits per heavy atom. The smallest absolute Gasteiger partial charge is 0.326 e. The molecule has 5 rings (SSSR count). The van der Waals surface area contributed by atoms with Crippen LogP contribution in [0.1, 0.15) is 22.3 Å². The third-order valence-electron chi connectivity index (χ3n) is 6.94. The number of aromatic nitrogens is 2. The van der Waals surface area contributed by atoms with Crippen LogP contribution in [0.25, 0.3) is 22.2 Å². The SMILES string of the molecule is Cc1cc(C)c(S(=O)(=O)N[C@@H](Cc2ccc(-c3cccc(NC(=O)Nc4nc5ccccc5[nH]4)c3)cc2)C(=O)O)c(C)c1. The van der Waals surface area contributed by atoms with Crippen molar-refractivity contribution < 1.29 is 23.1 Å². The Morgan fingerprint density at radius 2 is 1.56 bits per heavy atom. The molecule has 1 atom stereocenters. The molecule has 11 heteroatoms. The average molecular weight is 598 g/mol. The van der Waals surface area contributed by atoms with Gasteiger partial charge in [0.2, 0.25) is 16.0 Å². The van der Waals surface area contributed by atoms with Crippen LogP contribution in [-0.2, 0) is 21.2 Å². The number of hydrogen-bond acceptors (Lipinski definition) is 5. The second-order valence-electron chi connectivity index (χ2n) is 10.4. The molecule has 0 aliphatic rings. The molecule has 5 aromatic rings. The topological polar surface area (TPSA) is 153 Å². The maximum atomic E-state index is 13.2. The predicted molar refractivity (Wildman–Crippen MR) is 167 cm³/mol. The average Bonchev–Trinajstić information content (AvgIpc) is 3.34. The maximum Gasteiger partial charge on any atom is 0.326 e. The van der Waals surface area contributed by atoms with Gasteiger partial charge >= 0.3 is 12.0 Å². The number of nitrogens with one attached hydrogen (secondary N) is 4. The molecule has 220 valence electrons. The highest BCUT2D eigenvalue weighted by Crippen LogP contribution is 2.25. The van der Waals surface area contributed by atoms with Crippen LogP contribution in [0.2, 0.25) is 0 Å². The van der Waals surface area contributed by atoms with Crippen LogP contribution in [-0.4, -0.2) is 41.5 Å². The summed E-state index contributed by atoms with van der Waals surface area (Å²) in [7, 11) is -4.07. The van der Waals surface area contributed by atoms with E-state index in [9.17, 15) is 23.1 Å². The lowest BCUT2D eigenvalue weighted by Crippen LogP contribution is -2.42. The van der Waals surface area contributed by atoms with Crippen molar-refractivity contribution in [3.05, 3.63) is 107 Å². The zero-order valence-electron chi connectivity index (χ0n) is 23.8. The molecule has 1 heterocycles. The Kier molecular flexibility index (Phi) is 8.29. The van der Waals surface area contributed by atoms with Gasteiger partial charge in [-0.1, -0.05) is 66.2 Å². The lowest BCUT2D eigenvalue weighted by atomic mass is 10.0. The number of sulfonamides is 1. The number of hydrogen-bond donors (Lipinski definition) is 5. The number of urea groups is 1. The number of imidazole rings is 1. The first kappa shape index (κ1) is 29.5. The summed E-state index contributed by atoms with van der Waals surface area (Å²) in [5.74, 6) is -0.939. The minimum absolute atomic E-state index is 0.0393. The summed E-state index contributed by atoms with van der Waals surface area (Å²) in [6.07, 6.45) is -0.0393. The predicted octanol–water partition coefficient (Wildman–Crippen LogP) is 5.77. The number of benzene rings is 4. The first-order valence-electron chi connectivity index (χ1n) is 13.5. The van der Waals surface area contributed by atoms with Crippen molar-refractivity contribution in [2.75, 3.05) is 10.6 Å². The van der Waals surface area contributed by atoms with Crippen molar-refractivity contribution >= 4 is 44.7 Å². The molecule has 0 radical (unpaired) electrons. The highest BCUT2D eigenvalue weighted by atomic mass is 32.2. The molecular formula is C32H31N5O5S. The van der Waals surface area contributed by atoms with E-state index >= 15 is 0 Å². The molecule has 0 fully saturated rings. The number of amides is 2. The van der Waals surface area contributed by atoms with Gasteiger partial charge in [-0.2, -0.15) is 4.72 Å². The third-order valence-corrected chi connectivity index (χ3v) is 8.71. The van der Waals surface area contributed by atoms with E-state index in [4.69, 9.17) is 0 Å². The Hall–Kier alpha value is -5.00. The van der Waals surface area contributed by atoms with Crippen molar-refractivity contribution in [3.63, 3.8) is 0 Å². The molecule has 43 heavy (non-hydrogen) atoms. The third kappa shape index (κ3) is 6.91. The summed E-state index contributed by atoms with van der Waals surface area (Å²) in [5, 5.41) is 15.3. The number of aromatic amines is 1. The number of aliphatic carboxylic acids is 1. The molecule has 0 unspecified atom stereocenters. The first-order valence-corrected chi connectivity index (χ1v) is 15.0. The van der Waals surface area contributed by atoms with Gasteiger partial charge < -0.3 is 15.4 Å². The largest absolute Gasteiger partial charge is 0.480 e. The van der Waals surface area contributed by atoms with Gasteiger partial charge in [0.05, 0.1) is 15.9 Å². The second-order valence-corrected chi connectivity index (χ2v) is 12.1. The fraction of sp³-hybridized carbons (Fsp3) is 0.156. The van der Waals surface area contributed by atoms with E-state index in [0.717, 1.165) is 27.7 Å². The molecule has 4 aromatic carbocycles. The van der Waals surface area contributed by atoms with E-state index in [-0.39, 0.29) is 11.3 Å². The number of rotatable bonds is 9. The highest BCUT2D eigenvalue weighted by molar-refractivity contribution is 7.89. The van der Waals surface area contributed by atoms with Gasteiger partial charge in [0.15, 0.2) is 0 Å². The molecule has 1 aromatic heterocycles. The number of anilines is 2. The summed E-state index contributed by atoms with van der Waals surface area (Å²) in [6, 6.07) is 23.6. The molecule has 0 saturated carbocycles. The number of carbonyl (C=O) groups excluding carboxylic acids is 1. The van der Waals surface area contributed by atoms with Gasteiger partial charge in [-0.3, -0.25) is 10.1 Å². The number of carbonyl (C=O) groups is 2. The molecule has 2 amide bonds. The number of para-hydroxylation sites is 2. The van der Waals surface area contributed by atoms with Crippen LogP contribution in [0.4, 0.5) is 16.4 Å². The lowest BCUT2D eigenvalue weighted by Gasteiger charge is -2.18. The Bertz CT molecular complexity index is 1880. The summed E-state index contributed by atoms with van der Waals surface area (Å²) in [4.78, 5) is 32.1. The van der Waals surface area contributed by atoms with Crippen molar-refractivity contribution in [3.8, 4) is 11.1 Å². The highest BCUT2D eigenvalue weighted by Gasteiger charge is 2.28.